The highest BCUT2D eigenvalue weighted by atomic mass is 79.9. The number of likely N-dealkylation sites (tertiary alicyclic amines) is 1. The summed E-state index contributed by atoms with van der Waals surface area (Å²) in [5.74, 6) is 2.29. The van der Waals surface area contributed by atoms with Crippen LogP contribution in [0, 0.1) is 11.8 Å². The Balaban J connectivity index is 1.89. The number of rotatable bonds is 5. The summed E-state index contributed by atoms with van der Waals surface area (Å²) < 4.78 is 0. The van der Waals surface area contributed by atoms with Crippen molar-refractivity contribution >= 4 is 15.9 Å². The molecule has 1 heterocycles. The van der Waals surface area contributed by atoms with Crippen LogP contribution in [0.3, 0.4) is 0 Å². The van der Waals surface area contributed by atoms with Crippen LogP contribution in [0.25, 0.3) is 0 Å². The van der Waals surface area contributed by atoms with Crippen LogP contribution in [0.2, 0.25) is 0 Å². The second-order valence-corrected chi connectivity index (χ2v) is 6.46. The van der Waals surface area contributed by atoms with E-state index in [9.17, 15) is 0 Å². The standard InChI is InChI=1S/C16H24BrN/c1-13(2)16(10-17)12-18-9-8-15(11-18)14-6-4-3-5-7-14/h3-7,13,15-16H,8-12H2,1-2H3. The molecule has 2 rings (SSSR count). The number of nitrogens with zero attached hydrogens (tertiary/aromatic N) is 1. The fourth-order valence-corrected chi connectivity index (χ4v) is 3.72. The molecule has 0 bridgehead atoms. The van der Waals surface area contributed by atoms with E-state index >= 15 is 0 Å². The number of hydrogen-bond donors (Lipinski definition) is 0. The van der Waals surface area contributed by atoms with Gasteiger partial charge in [0.15, 0.2) is 0 Å². The SMILES string of the molecule is CC(C)C(CBr)CN1CCC(c2ccccc2)C1. The van der Waals surface area contributed by atoms with Crippen LogP contribution in [0.15, 0.2) is 30.3 Å². The fourth-order valence-electron chi connectivity index (χ4n) is 2.77. The molecular formula is C16H24BrN. The monoisotopic (exact) mass is 309 g/mol. The topological polar surface area (TPSA) is 3.24 Å². The Morgan fingerprint density at radius 1 is 1.28 bits per heavy atom. The zero-order chi connectivity index (χ0) is 13.0. The summed E-state index contributed by atoms with van der Waals surface area (Å²) in [7, 11) is 0. The molecule has 1 aliphatic rings. The van der Waals surface area contributed by atoms with Crippen molar-refractivity contribution in [2.24, 2.45) is 11.8 Å². The summed E-state index contributed by atoms with van der Waals surface area (Å²) in [6, 6.07) is 11.0. The van der Waals surface area contributed by atoms with E-state index in [1.54, 1.807) is 0 Å². The van der Waals surface area contributed by atoms with Gasteiger partial charge in [-0.2, -0.15) is 0 Å². The van der Waals surface area contributed by atoms with E-state index < -0.39 is 0 Å². The van der Waals surface area contributed by atoms with Crippen LogP contribution in [-0.4, -0.2) is 29.9 Å². The molecule has 2 unspecified atom stereocenters. The maximum Gasteiger partial charge on any atom is 0.00743 e. The van der Waals surface area contributed by atoms with Gasteiger partial charge >= 0.3 is 0 Å². The Hall–Kier alpha value is -0.340. The van der Waals surface area contributed by atoms with Gasteiger partial charge in [-0.25, -0.2) is 0 Å². The summed E-state index contributed by atoms with van der Waals surface area (Å²) in [6.07, 6.45) is 1.32. The van der Waals surface area contributed by atoms with Gasteiger partial charge in [0, 0.05) is 18.4 Å². The number of alkyl halides is 1. The first-order valence-electron chi connectivity index (χ1n) is 7.04. The normalized spacial score (nSPS) is 22.6. The maximum atomic E-state index is 3.66. The molecule has 1 aromatic carbocycles. The Labute approximate surface area is 120 Å². The molecule has 0 amide bonds. The molecule has 1 saturated heterocycles. The van der Waals surface area contributed by atoms with Gasteiger partial charge in [0.25, 0.3) is 0 Å². The minimum atomic E-state index is 0.745. The highest BCUT2D eigenvalue weighted by Gasteiger charge is 2.26. The highest BCUT2D eigenvalue weighted by Crippen LogP contribution is 2.28. The number of hydrogen-bond acceptors (Lipinski definition) is 1. The van der Waals surface area contributed by atoms with Crippen molar-refractivity contribution in [2.75, 3.05) is 25.0 Å². The largest absolute Gasteiger partial charge is 0.302 e. The Bertz CT molecular complexity index is 349. The quantitative estimate of drug-likeness (QED) is 0.739. The van der Waals surface area contributed by atoms with Crippen molar-refractivity contribution in [1.29, 1.82) is 0 Å². The van der Waals surface area contributed by atoms with Gasteiger partial charge in [0.05, 0.1) is 0 Å². The first-order chi connectivity index (χ1) is 8.70. The summed E-state index contributed by atoms with van der Waals surface area (Å²) in [6.45, 7) is 8.40. The molecule has 0 spiro atoms. The summed E-state index contributed by atoms with van der Waals surface area (Å²) in [5.41, 5.74) is 1.51. The van der Waals surface area contributed by atoms with Crippen LogP contribution >= 0.6 is 15.9 Å². The van der Waals surface area contributed by atoms with E-state index in [4.69, 9.17) is 0 Å². The molecule has 0 N–H and O–H groups in total. The smallest absolute Gasteiger partial charge is 0.00743 e. The van der Waals surface area contributed by atoms with Gasteiger partial charge in [-0.15, -0.1) is 0 Å². The van der Waals surface area contributed by atoms with Crippen LogP contribution < -0.4 is 0 Å². The van der Waals surface area contributed by atoms with Crippen molar-refractivity contribution in [2.45, 2.75) is 26.2 Å². The number of benzene rings is 1. The molecule has 2 atom stereocenters. The predicted octanol–water partition coefficient (Wildman–Crippen LogP) is 4.14. The van der Waals surface area contributed by atoms with Gasteiger partial charge in [0.2, 0.25) is 0 Å². The van der Waals surface area contributed by atoms with E-state index in [0.717, 1.165) is 23.1 Å². The molecule has 18 heavy (non-hydrogen) atoms. The molecule has 0 radical (unpaired) electrons. The third-order valence-corrected chi connectivity index (χ3v) is 5.01. The van der Waals surface area contributed by atoms with Crippen LogP contribution in [0.1, 0.15) is 31.7 Å². The van der Waals surface area contributed by atoms with Crippen molar-refractivity contribution in [1.82, 2.24) is 4.90 Å². The third kappa shape index (κ3) is 3.58. The average molecular weight is 310 g/mol. The van der Waals surface area contributed by atoms with Crippen molar-refractivity contribution in [3.05, 3.63) is 35.9 Å². The second kappa shape index (κ2) is 6.72. The minimum Gasteiger partial charge on any atom is -0.302 e. The van der Waals surface area contributed by atoms with Crippen molar-refractivity contribution < 1.29 is 0 Å². The highest BCUT2D eigenvalue weighted by molar-refractivity contribution is 9.09. The molecule has 100 valence electrons. The van der Waals surface area contributed by atoms with Crippen molar-refractivity contribution in [3.8, 4) is 0 Å². The Kier molecular flexibility index (Phi) is 5.25. The second-order valence-electron chi connectivity index (χ2n) is 5.81. The Morgan fingerprint density at radius 3 is 2.61 bits per heavy atom. The molecule has 0 saturated carbocycles. The lowest BCUT2D eigenvalue weighted by Crippen LogP contribution is -2.30. The van der Waals surface area contributed by atoms with Crippen molar-refractivity contribution in [3.63, 3.8) is 0 Å². The van der Waals surface area contributed by atoms with Gasteiger partial charge in [0.1, 0.15) is 0 Å². The van der Waals surface area contributed by atoms with Gasteiger partial charge in [-0.05, 0) is 36.3 Å². The molecule has 1 aliphatic heterocycles. The zero-order valence-corrected chi connectivity index (χ0v) is 13.1. The molecule has 1 aromatic rings. The zero-order valence-electron chi connectivity index (χ0n) is 11.5. The van der Waals surface area contributed by atoms with Crippen LogP contribution in [0.4, 0.5) is 0 Å². The van der Waals surface area contributed by atoms with Gasteiger partial charge < -0.3 is 4.90 Å². The molecule has 1 nitrogen and oxygen atoms in total. The molecule has 2 heteroatoms. The van der Waals surface area contributed by atoms with E-state index in [0.29, 0.717) is 0 Å². The first-order valence-corrected chi connectivity index (χ1v) is 8.16. The molecular weight excluding hydrogens is 286 g/mol. The third-order valence-electron chi connectivity index (χ3n) is 4.18. The van der Waals surface area contributed by atoms with E-state index in [2.05, 4.69) is 65.0 Å². The number of halogens is 1. The summed E-state index contributed by atoms with van der Waals surface area (Å²) in [4.78, 5) is 2.64. The van der Waals surface area contributed by atoms with Crippen LogP contribution in [-0.2, 0) is 0 Å². The summed E-state index contributed by atoms with van der Waals surface area (Å²) in [5, 5.41) is 1.12. The Morgan fingerprint density at radius 2 is 2.00 bits per heavy atom. The van der Waals surface area contributed by atoms with Crippen LogP contribution in [0.5, 0.6) is 0 Å². The average Bonchev–Trinajstić information content (AvgIpc) is 2.85. The van der Waals surface area contributed by atoms with Gasteiger partial charge in [-0.1, -0.05) is 60.1 Å². The summed E-state index contributed by atoms with van der Waals surface area (Å²) >= 11 is 3.66. The minimum absolute atomic E-state index is 0.745. The lowest BCUT2D eigenvalue weighted by atomic mass is 9.97. The predicted molar refractivity (Wildman–Crippen MR) is 82.4 cm³/mol. The van der Waals surface area contributed by atoms with Gasteiger partial charge in [-0.3, -0.25) is 0 Å². The first kappa shape index (κ1) is 14.1. The fraction of sp³-hybridized carbons (Fsp3) is 0.625. The molecule has 1 fully saturated rings. The lowest BCUT2D eigenvalue weighted by Gasteiger charge is -2.25. The van der Waals surface area contributed by atoms with E-state index in [1.165, 1.54) is 31.6 Å². The van der Waals surface area contributed by atoms with E-state index in [-0.39, 0.29) is 0 Å². The van der Waals surface area contributed by atoms with E-state index in [1.807, 2.05) is 0 Å². The molecule has 0 aromatic heterocycles. The lowest BCUT2D eigenvalue weighted by molar-refractivity contribution is 0.252. The molecule has 0 aliphatic carbocycles. The maximum absolute atomic E-state index is 3.66.